The van der Waals surface area contributed by atoms with Crippen LogP contribution in [0.3, 0.4) is 0 Å². The number of aryl methyl sites for hydroxylation is 2. The smallest absolute Gasteiger partial charge is 0.0893 e. The van der Waals surface area contributed by atoms with Gasteiger partial charge in [0.25, 0.3) is 0 Å². The summed E-state index contributed by atoms with van der Waals surface area (Å²) in [5.74, 6) is 5.64. The monoisotopic (exact) mass is 284 g/mol. The van der Waals surface area contributed by atoms with Crippen LogP contribution in [0.5, 0.6) is 0 Å². The summed E-state index contributed by atoms with van der Waals surface area (Å²) in [5, 5.41) is 5.53. The first-order chi connectivity index (χ1) is 8.52. The van der Waals surface area contributed by atoms with Gasteiger partial charge < -0.3 is 0 Å². The Kier molecular flexibility index (Phi) is 3.92. The van der Waals surface area contributed by atoms with E-state index >= 15 is 0 Å². The van der Waals surface area contributed by atoms with Gasteiger partial charge in [-0.15, -0.1) is 0 Å². The maximum absolute atomic E-state index is 6.19. The number of halogens is 2. The van der Waals surface area contributed by atoms with E-state index in [2.05, 4.69) is 10.5 Å². The second kappa shape index (κ2) is 5.28. The molecule has 0 spiro atoms. The van der Waals surface area contributed by atoms with Crippen LogP contribution in [0, 0.1) is 6.92 Å². The molecule has 0 amide bonds. The van der Waals surface area contributed by atoms with Crippen LogP contribution in [0.1, 0.15) is 23.0 Å². The van der Waals surface area contributed by atoms with Crippen molar-refractivity contribution in [2.24, 2.45) is 12.9 Å². The Bertz CT molecular complexity index is 565. The lowest BCUT2D eigenvalue weighted by Crippen LogP contribution is -2.30. The molecule has 96 valence electrons. The second-order valence-corrected chi connectivity index (χ2v) is 4.94. The molecule has 1 aromatic heterocycles. The number of nitrogens with one attached hydrogen (secondary N) is 1. The molecule has 0 bridgehead atoms. The first-order valence-corrected chi connectivity index (χ1v) is 6.20. The average Bonchev–Trinajstić information content (AvgIpc) is 2.64. The van der Waals surface area contributed by atoms with Crippen molar-refractivity contribution in [3.05, 3.63) is 51.3 Å². The predicted molar refractivity (Wildman–Crippen MR) is 73.6 cm³/mol. The van der Waals surface area contributed by atoms with Crippen molar-refractivity contribution in [1.29, 1.82) is 0 Å². The number of hydrazine groups is 1. The fourth-order valence-electron chi connectivity index (χ4n) is 1.97. The highest BCUT2D eigenvalue weighted by atomic mass is 35.5. The normalized spacial score (nSPS) is 12.7. The third-order valence-corrected chi connectivity index (χ3v) is 3.35. The van der Waals surface area contributed by atoms with Gasteiger partial charge in [0.2, 0.25) is 0 Å². The maximum Gasteiger partial charge on any atom is 0.0893 e. The molecule has 0 fully saturated rings. The lowest BCUT2D eigenvalue weighted by Gasteiger charge is -2.18. The molecule has 0 saturated heterocycles. The number of nitrogens with zero attached hydrogens (tertiary/aromatic N) is 2. The zero-order valence-electron chi connectivity index (χ0n) is 10.1. The highest BCUT2D eigenvalue weighted by Gasteiger charge is 2.19. The van der Waals surface area contributed by atoms with Gasteiger partial charge in [-0.2, -0.15) is 5.10 Å². The van der Waals surface area contributed by atoms with E-state index in [4.69, 9.17) is 29.0 Å². The lowest BCUT2D eigenvalue weighted by atomic mass is 10.0. The van der Waals surface area contributed by atoms with Gasteiger partial charge in [0.1, 0.15) is 0 Å². The van der Waals surface area contributed by atoms with Gasteiger partial charge in [-0.05, 0) is 36.8 Å². The van der Waals surface area contributed by atoms with E-state index in [9.17, 15) is 0 Å². The fourth-order valence-corrected chi connectivity index (χ4v) is 2.38. The summed E-state index contributed by atoms with van der Waals surface area (Å²) in [6.07, 6.45) is 0. The standard InChI is InChI=1S/C12H14Cl2N4/c1-7-5-11(18(2)17-7)12(16-15)9-6-8(13)3-4-10(9)14/h3-6,12,16H,15H2,1-2H3. The fraction of sp³-hybridized carbons (Fsp3) is 0.250. The van der Waals surface area contributed by atoms with E-state index in [1.54, 1.807) is 22.9 Å². The molecule has 1 unspecified atom stereocenters. The number of aromatic nitrogens is 2. The molecule has 18 heavy (non-hydrogen) atoms. The molecule has 0 saturated carbocycles. The van der Waals surface area contributed by atoms with Gasteiger partial charge >= 0.3 is 0 Å². The Hall–Kier alpha value is -1.07. The zero-order chi connectivity index (χ0) is 13.3. The van der Waals surface area contributed by atoms with E-state index < -0.39 is 0 Å². The van der Waals surface area contributed by atoms with Crippen molar-refractivity contribution in [3.8, 4) is 0 Å². The number of hydrogen-bond donors (Lipinski definition) is 2. The molecular formula is C12H14Cl2N4. The minimum absolute atomic E-state index is 0.248. The van der Waals surface area contributed by atoms with Crippen LogP contribution < -0.4 is 11.3 Å². The molecule has 0 aliphatic carbocycles. The number of benzene rings is 1. The van der Waals surface area contributed by atoms with Crippen LogP contribution in [0.15, 0.2) is 24.3 Å². The van der Waals surface area contributed by atoms with Crippen LogP contribution in [0.2, 0.25) is 10.0 Å². The van der Waals surface area contributed by atoms with Gasteiger partial charge in [-0.3, -0.25) is 10.5 Å². The number of nitrogens with two attached hydrogens (primary N) is 1. The molecule has 1 aromatic carbocycles. The van der Waals surface area contributed by atoms with Crippen molar-refractivity contribution in [3.63, 3.8) is 0 Å². The molecule has 3 N–H and O–H groups in total. The summed E-state index contributed by atoms with van der Waals surface area (Å²) >= 11 is 12.2. The van der Waals surface area contributed by atoms with Crippen LogP contribution in [-0.4, -0.2) is 9.78 Å². The molecule has 0 radical (unpaired) electrons. The molecule has 1 heterocycles. The molecular weight excluding hydrogens is 271 g/mol. The number of rotatable bonds is 3. The van der Waals surface area contributed by atoms with Crippen LogP contribution >= 0.6 is 23.2 Å². The lowest BCUT2D eigenvalue weighted by molar-refractivity contribution is 0.574. The summed E-state index contributed by atoms with van der Waals surface area (Å²) in [5.41, 5.74) is 5.43. The van der Waals surface area contributed by atoms with Gasteiger partial charge in [0.15, 0.2) is 0 Å². The van der Waals surface area contributed by atoms with Gasteiger partial charge in [-0.25, -0.2) is 5.43 Å². The summed E-state index contributed by atoms with van der Waals surface area (Å²) in [4.78, 5) is 0. The Morgan fingerprint density at radius 3 is 2.61 bits per heavy atom. The van der Waals surface area contributed by atoms with Crippen LogP contribution in [0.25, 0.3) is 0 Å². The predicted octanol–water partition coefficient (Wildman–Crippen LogP) is 2.59. The molecule has 4 nitrogen and oxygen atoms in total. The van der Waals surface area contributed by atoms with E-state index in [1.165, 1.54) is 0 Å². The largest absolute Gasteiger partial charge is 0.271 e. The minimum Gasteiger partial charge on any atom is -0.271 e. The first kappa shape index (κ1) is 13.4. The Labute approximate surface area is 116 Å². The molecule has 0 aliphatic heterocycles. The summed E-state index contributed by atoms with van der Waals surface area (Å²) < 4.78 is 1.77. The van der Waals surface area contributed by atoms with Crippen molar-refractivity contribution in [1.82, 2.24) is 15.2 Å². The van der Waals surface area contributed by atoms with Crippen LogP contribution in [0.4, 0.5) is 0 Å². The third kappa shape index (κ3) is 2.52. The topological polar surface area (TPSA) is 55.9 Å². The molecule has 1 atom stereocenters. The van der Waals surface area contributed by atoms with Crippen LogP contribution in [-0.2, 0) is 7.05 Å². The SMILES string of the molecule is Cc1cc(C(NN)c2cc(Cl)ccc2Cl)n(C)n1. The van der Waals surface area contributed by atoms with Gasteiger partial charge in [-0.1, -0.05) is 23.2 Å². The van der Waals surface area contributed by atoms with E-state index in [0.29, 0.717) is 10.0 Å². The van der Waals surface area contributed by atoms with Crippen molar-refractivity contribution in [2.75, 3.05) is 0 Å². The van der Waals surface area contributed by atoms with E-state index in [0.717, 1.165) is 17.0 Å². The summed E-state index contributed by atoms with van der Waals surface area (Å²) in [6, 6.07) is 7.02. The van der Waals surface area contributed by atoms with Gasteiger partial charge in [0.05, 0.1) is 17.4 Å². The highest BCUT2D eigenvalue weighted by molar-refractivity contribution is 6.33. The van der Waals surface area contributed by atoms with Crippen molar-refractivity contribution < 1.29 is 0 Å². The highest BCUT2D eigenvalue weighted by Crippen LogP contribution is 2.30. The maximum atomic E-state index is 6.19. The van der Waals surface area contributed by atoms with Crippen molar-refractivity contribution in [2.45, 2.75) is 13.0 Å². The average molecular weight is 285 g/mol. The zero-order valence-corrected chi connectivity index (χ0v) is 11.6. The third-order valence-electron chi connectivity index (χ3n) is 2.77. The molecule has 6 heteroatoms. The summed E-state index contributed by atoms with van der Waals surface area (Å²) in [7, 11) is 1.87. The molecule has 2 rings (SSSR count). The Morgan fingerprint density at radius 1 is 1.33 bits per heavy atom. The van der Waals surface area contributed by atoms with Crippen molar-refractivity contribution >= 4 is 23.2 Å². The molecule has 2 aromatic rings. The molecule has 0 aliphatic rings. The minimum atomic E-state index is -0.248. The number of hydrogen-bond acceptors (Lipinski definition) is 3. The Morgan fingerprint density at radius 2 is 2.06 bits per heavy atom. The summed E-state index contributed by atoms with van der Waals surface area (Å²) in [6.45, 7) is 1.93. The van der Waals surface area contributed by atoms with E-state index in [1.807, 2.05) is 20.0 Å². The van der Waals surface area contributed by atoms with E-state index in [-0.39, 0.29) is 6.04 Å². The quantitative estimate of drug-likeness (QED) is 0.673. The first-order valence-electron chi connectivity index (χ1n) is 5.44. The van der Waals surface area contributed by atoms with Gasteiger partial charge in [0, 0.05) is 17.1 Å². The Balaban J connectivity index is 2.51. The second-order valence-electron chi connectivity index (χ2n) is 4.10.